The lowest BCUT2D eigenvalue weighted by atomic mass is 10.1. The smallest absolute Gasteiger partial charge is 0.251 e. The molecule has 1 aliphatic rings. The zero-order valence-corrected chi connectivity index (χ0v) is 12.0. The lowest BCUT2D eigenvalue weighted by molar-refractivity contribution is -0.143. The van der Waals surface area contributed by atoms with Gasteiger partial charge in [0, 0.05) is 40.5 Å². The molecule has 0 radical (unpaired) electrons. The third-order valence-corrected chi connectivity index (χ3v) is 3.30. The van der Waals surface area contributed by atoms with Crippen LogP contribution in [-0.4, -0.2) is 70.1 Å². The molecule has 0 aromatic heterocycles. The van der Waals surface area contributed by atoms with E-state index in [1.165, 1.54) is 0 Å². The molecule has 2 N–H and O–H groups in total. The third-order valence-electron chi connectivity index (χ3n) is 3.30. The summed E-state index contributed by atoms with van der Waals surface area (Å²) in [5.74, 6) is 0.0455. The summed E-state index contributed by atoms with van der Waals surface area (Å²) >= 11 is 0. The monoisotopic (exact) mass is 274 g/mol. The average molecular weight is 274 g/mol. The molecule has 0 saturated carbocycles. The standard InChI is InChI=1S/C13H26N2O4/c1-17-8-3-6-15(7-9-18-2)13(16)12-5-4-11(10-14)19-12/h11-12H,3-10,14H2,1-2H3. The maximum atomic E-state index is 12.4. The highest BCUT2D eigenvalue weighted by atomic mass is 16.5. The second kappa shape index (κ2) is 9.25. The molecule has 2 unspecified atom stereocenters. The van der Waals surface area contributed by atoms with E-state index < -0.39 is 0 Å². The first-order valence-electron chi connectivity index (χ1n) is 6.85. The molecule has 0 aliphatic carbocycles. The fraction of sp³-hybridized carbons (Fsp3) is 0.923. The van der Waals surface area contributed by atoms with Crippen molar-refractivity contribution in [3.8, 4) is 0 Å². The normalized spacial score (nSPS) is 22.7. The van der Waals surface area contributed by atoms with Crippen LogP contribution in [0.15, 0.2) is 0 Å². The van der Waals surface area contributed by atoms with Crippen LogP contribution in [0.25, 0.3) is 0 Å². The van der Waals surface area contributed by atoms with Crippen molar-refractivity contribution >= 4 is 5.91 Å². The van der Waals surface area contributed by atoms with Gasteiger partial charge in [-0.05, 0) is 19.3 Å². The van der Waals surface area contributed by atoms with E-state index in [-0.39, 0.29) is 18.1 Å². The van der Waals surface area contributed by atoms with Gasteiger partial charge in [-0.15, -0.1) is 0 Å². The second-order valence-corrected chi connectivity index (χ2v) is 4.72. The van der Waals surface area contributed by atoms with Crippen molar-refractivity contribution in [1.82, 2.24) is 4.90 Å². The first-order valence-corrected chi connectivity index (χ1v) is 6.85. The molecule has 1 rings (SSSR count). The molecule has 2 atom stereocenters. The predicted molar refractivity (Wildman–Crippen MR) is 71.9 cm³/mol. The van der Waals surface area contributed by atoms with Gasteiger partial charge in [0.05, 0.1) is 12.7 Å². The van der Waals surface area contributed by atoms with E-state index >= 15 is 0 Å². The average Bonchev–Trinajstić information content (AvgIpc) is 2.91. The molecular weight excluding hydrogens is 248 g/mol. The first kappa shape index (κ1) is 16.4. The highest BCUT2D eigenvalue weighted by molar-refractivity contribution is 5.81. The Balaban J connectivity index is 2.45. The minimum Gasteiger partial charge on any atom is -0.385 e. The van der Waals surface area contributed by atoms with Gasteiger partial charge < -0.3 is 24.8 Å². The van der Waals surface area contributed by atoms with Crippen LogP contribution >= 0.6 is 0 Å². The Bertz CT molecular complexity index is 263. The molecule has 1 saturated heterocycles. The summed E-state index contributed by atoms with van der Waals surface area (Å²) in [5.41, 5.74) is 5.56. The van der Waals surface area contributed by atoms with E-state index in [9.17, 15) is 4.79 Å². The first-order chi connectivity index (χ1) is 9.22. The van der Waals surface area contributed by atoms with Gasteiger partial charge in [0.25, 0.3) is 5.91 Å². The number of amides is 1. The largest absolute Gasteiger partial charge is 0.385 e. The molecule has 19 heavy (non-hydrogen) atoms. The summed E-state index contributed by atoms with van der Waals surface area (Å²) in [6.45, 7) is 2.92. The van der Waals surface area contributed by atoms with Crippen LogP contribution in [0.2, 0.25) is 0 Å². The summed E-state index contributed by atoms with van der Waals surface area (Å²) in [4.78, 5) is 14.2. The van der Waals surface area contributed by atoms with Gasteiger partial charge in [0.2, 0.25) is 0 Å². The second-order valence-electron chi connectivity index (χ2n) is 4.72. The van der Waals surface area contributed by atoms with Crippen molar-refractivity contribution in [1.29, 1.82) is 0 Å². The Labute approximate surface area is 115 Å². The Hall–Kier alpha value is -0.690. The van der Waals surface area contributed by atoms with E-state index in [0.29, 0.717) is 32.8 Å². The topological polar surface area (TPSA) is 74.0 Å². The van der Waals surface area contributed by atoms with E-state index in [4.69, 9.17) is 19.9 Å². The molecule has 1 fully saturated rings. The van der Waals surface area contributed by atoms with Gasteiger partial charge >= 0.3 is 0 Å². The SMILES string of the molecule is COCCCN(CCOC)C(=O)C1CCC(CN)O1. The minimum atomic E-state index is -0.340. The van der Waals surface area contributed by atoms with Gasteiger partial charge in [-0.25, -0.2) is 0 Å². The number of hydrogen-bond donors (Lipinski definition) is 1. The predicted octanol–water partition coefficient (Wildman–Crippen LogP) is 0.00420. The summed E-state index contributed by atoms with van der Waals surface area (Å²) in [6, 6.07) is 0. The van der Waals surface area contributed by atoms with E-state index in [2.05, 4.69) is 0 Å². The van der Waals surface area contributed by atoms with Gasteiger partial charge in [-0.3, -0.25) is 4.79 Å². The molecule has 0 aromatic rings. The Morgan fingerprint density at radius 2 is 2.00 bits per heavy atom. The lowest BCUT2D eigenvalue weighted by Gasteiger charge is -2.25. The van der Waals surface area contributed by atoms with E-state index in [1.54, 1.807) is 19.1 Å². The number of rotatable bonds is 9. The van der Waals surface area contributed by atoms with Crippen molar-refractivity contribution in [3.05, 3.63) is 0 Å². The lowest BCUT2D eigenvalue weighted by Crippen LogP contribution is -2.42. The summed E-state index contributed by atoms with van der Waals surface area (Å²) in [7, 11) is 3.29. The van der Waals surface area contributed by atoms with Gasteiger partial charge in [0.15, 0.2) is 0 Å². The Morgan fingerprint density at radius 1 is 1.26 bits per heavy atom. The van der Waals surface area contributed by atoms with Gasteiger partial charge in [-0.2, -0.15) is 0 Å². The van der Waals surface area contributed by atoms with Crippen LogP contribution in [0.4, 0.5) is 0 Å². The molecule has 6 heteroatoms. The van der Waals surface area contributed by atoms with Crippen LogP contribution in [0.3, 0.4) is 0 Å². The van der Waals surface area contributed by atoms with Crippen molar-refractivity contribution in [2.24, 2.45) is 5.73 Å². The van der Waals surface area contributed by atoms with Crippen molar-refractivity contribution < 1.29 is 19.0 Å². The van der Waals surface area contributed by atoms with E-state index in [0.717, 1.165) is 19.3 Å². The molecule has 1 heterocycles. The highest BCUT2D eigenvalue weighted by Gasteiger charge is 2.32. The van der Waals surface area contributed by atoms with E-state index in [1.807, 2.05) is 0 Å². The van der Waals surface area contributed by atoms with Crippen molar-refractivity contribution in [3.63, 3.8) is 0 Å². The maximum absolute atomic E-state index is 12.4. The molecule has 0 bridgehead atoms. The summed E-state index contributed by atoms with van der Waals surface area (Å²) < 4.78 is 15.7. The number of nitrogens with two attached hydrogens (primary N) is 1. The number of methoxy groups -OCH3 is 2. The van der Waals surface area contributed by atoms with Crippen LogP contribution in [0.1, 0.15) is 19.3 Å². The van der Waals surface area contributed by atoms with Crippen LogP contribution in [0, 0.1) is 0 Å². The van der Waals surface area contributed by atoms with Crippen LogP contribution in [0.5, 0.6) is 0 Å². The molecule has 0 spiro atoms. The number of ether oxygens (including phenoxy) is 3. The number of hydrogen-bond acceptors (Lipinski definition) is 5. The summed E-state index contributed by atoms with van der Waals surface area (Å²) in [6.07, 6.45) is 2.13. The Kier molecular flexibility index (Phi) is 7.97. The Morgan fingerprint density at radius 3 is 2.58 bits per heavy atom. The van der Waals surface area contributed by atoms with Crippen molar-refractivity contribution in [2.75, 3.05) is 47.1 Å². The van der Waals surface area contributed by atoms with Gasteiger partial charge in [-0.1, -0.05) is 0 Å². The number of carbonyl (C=O) groups is 1. The summed E-state index contributed by atoms with van der Waals surface area (Å²) in [5, 5.41) is 0. The van der Waals surface area contributed by atoms with Gasteiger partial charge in [0.1, 0.15) is 6.10 Å². The molecule has 1 amide bonds. The molecule has 112 valence electrons. The maximum Gasteiger partial charge on any atom is 0.251 e. The fourth-order valence-electron chi connectivity index (χ4n) is 2.20. The molecular formula is C13H26N2O4. The zero-order chi connectivity index (χ0) is 14.1. The van der Waals surface area contributed by atoms with Crippen molar-refractivity contribution in [2.45, 2.75) is 31.5 Å². The molecule has 1 aliphatic heterocycles. The molecule has 0 aromatic carbocycles. The third kappa shape index (κ3) is 5.44. The quantitative estimate of drug-likeness (QED) is 0.599. The number of nitrogens with zero attached hydrogens (tertiary/aromatic N) is 1. The molecule has 6 nitrogen and oxygen atoms in total. The fourth-order valence-corrected chi connectivity index (χ4v) is 2.20. The van der Waals surface area contributed by atoms with Crippen LogP contribution in [-0.2, 0) is 19.0 Å². The number of carbonyl (C=O) groups excluding carboxylic acids is 1. The minimum absolute atomic E-state index is 0.0252. The zero-order valence-electron chi connectivity index (χ0n) is 12.0. The highest BCUT2D eigenvalue weighted by Crippen LogP contribution is 2.20. The van der Waals surface area contributed by atoms with Crippen LogP contribution < -0.4 is 5.73 Å².